The van der Waals surface area contributed by atoms with Gasteiger partial charge in [-0.05, 0) is 62.3 Å². The number of thiophene rings is 1. The van der Waals surface area contributed by atoms with Crippen LogP contribution in [0, 0.1) is 20.8 Å². The van der Waals surface area contributed by atoms with Crippen molar-refractivity contribution >= 4 is 40.7 Å². The summed E-state index contributed by atoms with van der Waals surface area (Å²) in [6.07, 6.45) is 2.03. The van der Waals surface area contributed by atoms with Gasteiger partial charge in [0.2, 0.25) is 11.8 Å². The molecule has 0 radical (unpaired) electrons. The number of benzene rings is 2. The molecule has 0 bridgehead atoms. The molecule has 200 valence electrons. The van der Waals surface area contributed by atoms with Crippen molar-refractivity contribution in [2.75, 3.05) is 30.3 Å². The van der Waals surface area contributed by atoms with Crippen LogP contribution in [0.1, 0.15) is 45.2 Å². The molecule has 1 atom stereocenters. The molecule has 1 fully saturated rings. The second-order valence-electron chi connectivity index (χ2n) is 10.4. The molecule has 0 saturated carbocycles. The van der Waals surface area contributed by atoms with Crippen LogP contribution in [0.3, 0.4) is 0 Å². The molecule has 8 heteroatoms. The van der Waals surface area contributed by atoms with Gasteiger partial charge in [0.05, 0.1) is 22.4 Å². The van der Waals surface area contributed by atoms with Gasteiger partial charge in [0, 0.05) is 29.1 Å². The zero-order valence-corrected chi connectivity index (χ0v) is 24.1. The topological polar surface area (TPSA) is 58.4 Å². The predicted octanol–water partition coefficient (Wildman–Crippen LogP) is 6.32. The summed E-state index contributed by atoms with van der Waals surface area (Å²) in [5.74, 6) is 0.944. The van der Waals surface area contributed by atoms with E-state index in [9.17, 15) is 9.59 Å². The lowest BCUT2D eigenvalue weighted by Crippen LogP contribution is -2.43. The Morgan fingerprint density at radius 1 is 1.00 bits per heavy atom. The molecular weight excluding hydrogens is 525 g/mol. The van der Waals surface area contributed by atoms with Crippen molar-refractivity contribution < 1.29 is 9.59 Å². The maximum Gasteiger partial charge on any atom is 0.242 e. The van der Waals surface area contributed by atoms with Gasteiger partial charge in [-0.2, -0.15) is 5.10 Å². The number of likely N-dealkylation sites (tertiary alicyclic amines) is 1. The minimum atomic E-state index is -0.0782. The van der Waals surface area contributed by atoms with Crippen LogP contribution < -0.4 is 4.90 Å². The summed E-state index contributed by atoms with van der Waals surface area (Å²) in [5, 5.41) is 7.27. The van der Waals surface area contributed by atoms with Crippen molar-refractivity contribution in [3.05, 3.63) is 87.1 Å². The summed E-state index contributed by atoms with van der Waals surface area (Å²) in [7, 11) is 0. The van der Waals surface area contributed by atoms with E-state index in [4.69, 9.17) is 5.10 Å². The molecule has 2 aliphatic heterocycles. The Morgan fingerprint density at radius 2 is 1.77 bits per heavy atom. The van der Waals surface area contributed by atoms with Crippen LogP contribution in [0.2, 0.25) is 0 Å². The normalized spacial score (nSPS) is 17.4. The minimum Gasteiger partial charge on any atom is -0.341 e. The number of aryl methyl sites for hydroxylation is 3. The lowest BCUT2D eigenvalue weighted by Gasteiger charge is -2.26. The van der Waals surface area contributed by atoms with Gasteiger partial charge >= 0.3 is 0 Å². The maximum atomic E-state index is 13.9. The summed E-state index contributed by atoms with van der Waals surface area (Å²) in [5.41, 5.74) is 7.20. The zero-order valence-electron chi connectivity index (χ0n) is 22.5. The van der Waals surface area contributed by atoms with E-state index in [2.05, 4.69) is 62.5 Å². The van der Waals surface area contributed by atoms with Gasteiger partial charge in [0.15, 0.2) is 0 Å². The highest BCUT2D eigenvalue weighted by molar-refractivity contribution is 8.00. The molecule has 0 unspecified atom stereocenters. The second-order valence-corrected chi connectivity index (χ2v) is 12.4. The Labute approximate surface area is 237 Å². The summed E-state index contributed by atoms with van der Waals surface area (Å²) >= 11 is 3.35. The van der Waals surface area contributed by atoms with E-state index in [1.54, 1.807) is 28.0 Å². The number of nitrogens with zero attached hydrogens (tertiary/aromatic N) is 4. The van der Waals surface area contributed by atoms with Crippen molar-refractivity contribution in [2.45, 2.75) is 38.9 Å². The number of hydrogen-bond acceptors (Lipinski definition) is 5. The van der Waals surface area contributed by atoms with E-state index in [0.29, 0.717) is 11.6 Å². The van der Waals surface area contributed by atoms with Crippen molar-refractivity contribution in [1.82, 2.24) is 14.7 Å². The molecular formula is C31H32N4O2S2. The molecule has 0 N–H and O–H groups in total. The van der Waals surface area contributed by atoms with Crippen molar-refractivity contribution in [2.24, 2.45) is 0 Å². The third-order valence-electron chi connectivity index (χ3n) is 7.61. The fourth-order valence-electron chi connectivity index (χ4n) is 5.60. The summed E-state index contributed by atoms with van der Waals surface area (Å²) in [6, 6.07) is 18.6. The Balaban J connectivity index is 1.63. The van der Waals surface area contributed by atoms with Gasteiger partial charge in [-0.15, -0.1) is 23.1 Å². The van der Waals surface area contributed by atoms with Crippen LogP contribution in [0.25, 0.3) is 16.9 Å². The molecule has 6 nitrogen and oxygen atoms in total. The van der Waals surface area contributed by atoms with E-state index in [0.717, 1.165) is 59.6 Å². The average molecular weight is 557 g/mol. The van der Waals surface area contributed by atoms with Crippen LogP contribution in [0.4, 0.5) is 5.82 Å². The molecule has 2 amide bonds. The largest absolute Gasteiger partial charge is 0.341 e. The zero-order chi connectivity index (χ0) is 27.1. The molecule has 39 heavy (non-hydrogen) atoms. The van der Waals surface area contributed by atoms with Crippen LogP contribution in [0.5, 0.6) is 0 Å². The fourth-order valence-corrected chi connectivity index (χ4v) is 8.07. The number of aromatic nitrogens is 2. The number of hydrogen-bond donors (Lipinski definition) is 0. The van der Waals surface area contributed by atoms with Crippen LogP contribution >= 0.6 is 23.1 Å². The number of fused-ring (bicyclic) bond motifs is 1. The number of carbonyl (C=O) groups excluding carboxylic acids is 2. The smallest absolute Gasteiger partial charge is 0.242 e. The van der Waals surface area contributed by atoms with Crippen LogP contribution in [-0.2, 0) is 9.59 Å². The lowest BCUT2D eigenvalue weighted by molar-refractivity contribution is -0.130. The van der Waals surface area contributed by atoms with E-state index in [1.165, 1.54) is 10.4 Å². The first-order valence-corrected chi connectivity index (χ1v) is 15.3. The van der Waals surface area contributed by atoms with Gasteiger partial charge in [0.1, 0.15) is 12.4 Å². The standard InChI is InChI=1S/C31H32N4O2S2/c1-20-11-12-24(22(3)17-20)35-31-27(28(32-35)23-9-5-4-6-10-23)30(29-21(2)13-16-38-29)39-19-26(37)34(31)18-25(36)33-14-7-8-15-33/h4-6,9-13,16-17,30H,7-8,14-15,18-19H2,1-3H3/t30-/m0/s1. The number of anilines is 1. The molecule has 4 aromatic rings. The molecule has 1 saturated heterocycles. The Kier molecular flexibility index (Phi) is 7.08. The number of carbonyl (C=O) groups is 2. The van der Waals surface area contributed by atoms with E-state index in [-0.39, 0.29) is 23.6 Å². The lowest BCUT2D eigenvalue weighted by atomic mass is 10.0. The van der Waals surface area contributed by atoms with Gasteiger partial charge in [-0.3, -0.25) is 14.5 Å². The van der Waals surface area contributed by atoms with E-state index < -0.39 is 0 Å². The molecule has 4 heterocycles. The van der Waals surface area contributed by atoms with Crippen LogP contribution in [-0.4, -0.2) is 51.9 Å². The van der Waals surface area contributed by atoms with E-state index in [1.807, 2.05) is 27.8 Å². The van der Waals surface area contributed by atoms with Gasteiger partial charge in [-0.1, -0.05) is 48.0 Å². The summed E-state index contributed by atoms with van der Waals surface area (Å²) < 4.78 is 1.92. The number of amides is 2. The molecule has 0 aliphatic carbocycles. The highest BCUT2D eigenvalue weighted by Crippen LogP contribution is 2.50. The van der Waals surface area contributed by atoms with Crippen LogP contribution in [0.15, 0.2) is 60.0 Å². The third kappa shape index (κ3) is 4.80. The summed E-state index contributed by atoms with van der Waals surface area (Å²) in [6.45, 7) is 7.81. The highest BCUT2D eigenvalue weighted by Gasteiger charge is 2.39. The third-order valence-corrected chi connectivity index (χ3v) is 10.1. The quantitative estimate of drug-likeness (QED) is 0.289. The number of thioether (sulfide) groups is 1. The van der Waals surface area contributed by atoms with Crippen molar-refractivity contribution in [3.8, 4) is 16.9 Å². The molecule has 2 aliphatic rings. The molecule has 2 aromatic carbocycles. The SMILES string of the molecule is Cc1ccc(-n2nc(-c3ccccc3)c3c2N(CC(=O)N2CCCC2)C(=O)CS[C@@H]3c2sccc2C)c(C)c1. The molecule has 2 aromatic heterocycles. The number of rotatable bonds is 5. The monoisotopic (exact) mass is 556 g/mol. The molecule has 6 rings (SSSR count). The molecule has 0 spiro atoms. The average Bonchev–Trinajstić information content (AvgIpc) is 3.68. The Hall–Kier alpha value is -3.36. The highest BCUT2D eigenvalue weighted by atomic mass is 32.2. The van der Waals surface area contributed by atoms with Gasteiger partial charge in [-0.25, -0.2) is 4.68 Å². The first-order valence-electron chi connectivity index (χ1n) is 13.4. The Morgan fingerprint density at radius 3 is 2.46 bits per heavy atom. The van der Waals surface area contributed by atoms with Crippen molar-refractivity contribution in [1.29, 1.82) is 0 Å². The summed E-state index contributed by atoms with van der Waals surface area (Å²) in [4.78, 5) is 32.2. The Bertz CT molecular complexity index is 1540. The predicted molar refractivity (Wildman–Crippen MR) is 160 cm³/mol. The van der Waals surface area contributed by atoms with Gasteiger partial charge < -0.3 is 4.90 Å². The van der Waals surface area contributed by atoms with E-state index >= 15 is 0 Å². The first kappa shape index (κ1) is 25.9. The maximum absolute atomic E-state index is 13.9. The second kappa shape index (κ2) is 10.7. The minimum absolute atomic E-state index is 0.00260. The van der Waals surface area contributed by atoms with Crippen molar-refractivity contribution in [3.63, 3.8) is 0 Å². The van der Waals surface area contributed by atoms with Gasteiger partial charge in [0.25, 0.3) is 0 Å². The first-order chi connectivity index (χ1) is 18.9. The fraction of sp³-hybridized carbons (Fsp3) is 0.323.